The third kappa shape index (κ3) is 7.32. The van der Waals surface area contributed by atoms with Gasteiger partial charge in [0.25, 0.3) is 5.91 Å². The van der Waals surface area contributed by atoms with Gasteiger partial charge < -0.3 is 19.7 Å². The van der Waals surface area contributed by atoms with Crippen LogP contribution in [0.5, 0.6) is 0 Å². The summed E-state index contributed by atoms with van der Waals surface area (Å²) in [4.78, 5) is 38.9. The van der Waals surface area contributed by atoms with Crippen LogP contribution in [0.25, 0.3) is 0 Å². The van der Waals surface area contributed by atoms with Crippen molar-refractivity contribution in [2.75, 3.05) is 27.0 Å². The molecule has 10 nitrogen and oxygen atoms in total. The van der Waals surface area contributed by atoms with Gasteiger partial charge in [-0.3, -0.25) is 19.1 Å². The molecule has 11 heteroatoms. The van der Waals surface area contributed by atoms with Crippen LogP contribution in [0.1, 0.15) is 72.1 Å². The van der Waals surface area contributed by atoms with Crippen LogP contribution in [0.15, 0.2) is 12.2 Å². The Morgan fingerprint density at radius 3 is 2.57 bits per heavy atom. The van der Waals surface area contributed by atoms with Gasteiger partial charge in [-0.2, -0.15) is 0 Å². The highest BCUT2D eigenvalue weighted by Gasteiger charge is 2.62. The zero-order valence-corrected chi connectivity index (χ0v) is 23.3. The molecule has 0 saturated heterocycles. The molecule has 210 valence electrons. The molecule has 5 atom stereocenters. The highest BCUT2D eigenvalue weighted by atomic mass is 32.2. The number of allylic oxidation sites excluding steroid dienone is 1. The minimum atomic E-state index is -3.82. The minimum Gasteiger partial charge on any atom is -0.356 e. The number of nitrogens with one attached hydrogen (secondary N) is 2. The fourth-order valence-electron chi connectivity index (χ4n) is 4.93. The number of rotatable bonds is 16. The fraction of sp³-hybridized carbons (Fsp3) is 0.808. The zero-order chi connectivity index (χ0) is 27.3. The maximum atomic E-state index is 13.3. The van der Waals surface area contributed by atoms with Crippen molar-refractivity contribution < 1.29 is 32.3 Å². The Morgan fingerprint density at radius 1 is 1.19 bits per heavy atom. The highest BCUT2D eigenvalue weighted by Crippen LogP contribution is 2.48. The molecule has 3 rings (SSSR count). The number of hydrogen-bond acceptors (Lipinski definition) is 7. The molecule has 0 unspecified atom stereocenters. The summed E-state index contributed by atoms with van der Waals surface area (Å²) in [5.74, 6) is -1.44. The smallest absolute Gasteiger partial charge is 0.259 e. The normalized spacial score (nSPS) is 30.2. The number of nitrogens with zero attached hydrogens (tertiary/aromatic N) is 1. The summed E-state index contributed by atoms with van der Waals surface area (Å²) in [6.07, 6.45) is 9.72. The Hall–Kier alpha value is -1.98. The summed E-state index contributed by atoms with van der Waals surface area (Å²) in [5.41, 5.74) is -1.27. The minimum absolute atomic E-state index is 0.0677. The van der Waals surface area contributed by atoms with E-state index in [1.54, 1.807) is 18.9 Å². The lowest BCUT2D eigenvalue weighted by molar-refractivity contribution is -0.132. The topological polar surface area (TPSA) is 131 Å². The molecule has 3 saturated carbocycles. The van der Waals surface area contributed by atoms with E-state index in [1.807, 2.05) is 26.0 Å². The Morgan fingerprint density at radius 2 is 1.92 bits per heavy atom. The van der Waals surface area contributed by atoms with Gasteiger partial charge in [0.1, 0.15) is 12.3 Å². The van der Waals surface area contributed by atoms with Gasteiger partial charge in [-0.15, -0.1) is 0 Å². The molecular formula is C26H43N3O7S. The van der Waals surface area contributed by atoms with Crippen LogP contribution in [-0.4, -0.2) is 74.9 Å². The van der Waals surface area contributed by atoms with Crippen molar-refractivity contribution in [1.29, 1.82) is 0 Å². The maximum absolute atomic E-state index is 13.3. The van der Waals surface area contributed by atoms with E-state index in [-0.39, 0.29) is 36.6 Å². The highest BCUT2D eigenvalue weighted by molar-refractivity contribution is 7.91. The van der Waals surface area contributed by atoms with Crippen LogP contribution < -0.4 is 10.0 Å². The number of sulfonamides is 1. The number of ether oxygens (including phenoxy) is 2. The molecule has 37 heavy (non-hydrogen) atoms. The molecule has 0 aliphatic heterocycles. The van der Waals surface area contributed by atoms with Crippen LogP contribution in [0.3, 0.4) is 0 Å². The van der Waals surface area contributed by atoms with Crippen LogP contribution in [0, 0.1) is 17.8 Å². The molecule has 0 aromatic carbocycles. The molecule has 0 aromatic rings. The number of hydrogen-bond donors (Lipinski definition) is 2. The first-order chi connectivity index (χ1) is 17.5. The van der Waals surface area contributed by atoms with Crippen molar-refractivity contribution in [3.63, 3.8) is 0 Å². The van der Waals surface area contributed by atoms with Gasteiger partial charge in [0.05, 0.1) is 10.9 Å². The van der Waals surface area contributed by atoms with E-state index in [0.717, 1.165) is 32.1 Å². The van der Waals surface area contributed by atoms with E-state index in [4.69, 9.17) is 9.47 Å². The molecule has 3 fully saturated rings. The third-order valence-electron chi connectivity index (χ3n) is 8.04. The molecular weight excluding hydrogens is 498 g/mol. The maximum Gasteiger partial charge on any atom is 0.259 e. The Kier molecular flexibility index (Phi) is 9.79. The van der Waals surface area contributed by atoms with Gasteiger partial charge in [-0.1, -0.05) is 19.1 Å². The van der Waals surface area contributed by atoms with Crippen molar-refractivity contribution in [2.45, 2.75) is 88.5 Å². The van der Waals surface area contributed by atoms with E-state index in [2.05, 4.69) is 10.0 Å². The van der Waals surface area contributed by atoms with Crippen molar-refractivity contribution in [3.8, 4) is 0 Å². The Bertz CT molecular complexity index is 965. The molecule has 2 N–H and O–H groups in total. The van der Waals surface area contributed by atoms with Crippen molar-refractivity contribution in [1.82, 2.24) is 14.9 Å². The van der Waals surface area contributed by atoms with Crippen molar-refractivity contribution >= 4 is 28.2 Å². The molecule has 3 aliphatic rings. The lowest BCUT2D eigenvalue weighted by Crippen LogP contribution is -2.54. The van der Waals surface area contributed by atoms with Crippen LogP contribution in [-0.2, 0) is 33.9 Å². The monoisotopic (exact) mass is 541 g/mol. The van der Waals surface area contributed by atoms with Gasteiger partial charge in [0.15, 0.2) is 0 Å². The van der Waals surface area contributed by atoms with E-state index in [0.29, 0.717) is 38.8 Å². The summed E-state index contributed by atoms with van der Waals surface area (Å²) in [6.45, 7) is 6.92. The largest absolute Gasteiger partial charge is 0.356 e. The van der Waals surface area contributed by atoms with Crippen molar-refractivity contribution in [3.05, 3.63) is 12.2 Å². The number of carbonyl (C=O) groups is 3. The standard InChI is InChI=1S/C26H43N3O7S/c1-5-35-18-36-21-14-19(2)22(15-21)23(31)27-26(24(32)28-37(33,34)25(3)11-12-25)16-20(26)10-8-6-7-9-13-29(4)17-30/h8,10,17,19-22H,5-7,9,11-16,18H2,1-4H3,(H,27,31)(H,28,32)/b10-8-/t19-,20-,21+,22-,26-/m1/s1. The summed E-state index contributed by atoms with van der Waals surface area (Å²) in [5, 5.41) is 2.95. The molecule has 3 aliphatic carbocycles. The first-order valence-electron chi connectivity index (χ1n) is 13.4. The van der Waals surface area contributed by atoms with Crippen molar-refractivity contribution in [2.24, 2.45) is 17.8 Å². The van der Waals surface area contributed by atoms with E-state index < -0.39 is 26.2 Å². The first kappa shape index (κ1) is 29.6. The number of carbonyl (C=O) groups excluding carboxylic acids is 3. The molecule has 0 aromatic heterocycles. The van der Waals surface area contributed by atoms with Gasteiger partial charge in [0, 0.05) is 32.0 Å². The summed E-state index contributed by atoms with van der Waals surface area (Å²) < 4.78 is 37.9. The Labute approximate surface area is 220 Å². The van der Waals surface area contributed by atoms with Gasteiger partial charge in [-0.25, -0.2) is 8.42 Å². The predicted molar refractivity (Wildman–Crippen MR) is 139 cm³/mol. The van der Waals surface area contributed by atoms with Gasteiger partial charge >= 0.3 is 0 Å². The van der Waals surface area contributed by atoms with E-state index >= 15 is 0 Å². The zero-order valence-electron chi connectivity index (χ0n) is 22.5. The molecule has 0 radical (unpaired) electrons. The SMILES string of the molecule is CCOCO[C@H]1C[C@@H](C)[C@H](C(=O)N[C@]2(C(=O)NS(=O)(=O)C3(C)CC3)C[C@H]2/C=C\CCCCN(C)C=O)C1. The number of unbranched alkanes of at least 4 members (excludes halogenated alkanes) is 2. The Balaban J connectivity index is 1.63. The summed E-state index contributed by atoms with van der Waals surface area (Å²) >= 11 is 0. The lowest BCUT2D eigenvalue weighted by atomic mass is 9.96. The van der Waals surface area contributed by atoms with E-state index in [9.17, 15) is 22.8 Å². The predicted octanol–water partition coefficient (Wildman–Crippen LogP) is 2.10. The molecule has 0 heterocycles. The first-order valence-corrected chi connectivity index (χ1v) is 14.9. The molecule has 0 spiro atoms. The quantitative estimate of drug-likeness (QED) is 0.132. The van der Waals surface area contributed by atoms with Crippen LogP contribution in [0.2, 0.25) is 0 Å². The summed E-state index contributed by atoms with van der Waals surface area (Å²) in [7, 11) is -2.09. The van der Waals surface area contributed by atoms with Crippen LogP contribution in [0.4, 0.5) is 0 Å². The third-order valence-corrected chi connectivity index (χ3v) is 10.2. The van der Waals surface area contributed by atoms with Crippen LogP contribution >= 0.6 is 0 Å². The average Bonchev–Trinajstić information content (AvgIpc) is 3.73. The second-order valence-corrected chi connectivity index (χ2v) is 13.3. The second kappa shape index (κ2) is 12.3. The lowest BCUT2D eigenvalue weighted by Gasteiger charge is -2.23. The van der Waals surface area contributed by atoms with Gasteiger partial charge in [0.2, 0.25) is 22.3 Å². The average molecular weight is 542 g/mol. The summed E-state index contributed by atoms with van der Waals surface area (Å²) in [6, 6.07) is 0. The fourth-order valence-corrected chi connectivity index (χ4v) is 6.24. The molecule has 3 amide bonds. The van der Waals surface area contributed by atoms with E-state index in [1.165, 1.54) is 0 Å². The number of amides is 3. The second-order valence-electron chi connectivity index (χ2n) is 11.1. The van der Waals surface area contributed by atoms with Gasteiger partial charge in [-0.05, 0) is 71.1 Å². The molecule has 0 bridgehead atoms.